The first-order valence-electron chi connectivity index (χ1n) is 6.10. The molecule has 20 heavy (non-hydrogen) atoms. The van der Waals surface area contributed by atoms with Gasteiger partial charge in [0.15, 0.2) is 0 Å². The van der Waals surface area contributed by atoms with Gasteiger partial charge in [0.25, 0.3) is 0 Å². The van der Waals surface area contributed by atoms with E-state index in [0.717, 1.165) is 16.9 Å². The summed E-state index contributed by atoms with van der Waals surface area (Å²) >= 11 is 12.1. The van der Waals surface area contributed by atoms with E-state index in [1.54, 1.807) is 13.2 Å². The summed E-state index contributed by atoms with van der Waals surface area (Å²) in [7, 11) is 1.58. The van der Waals surface area contributed by atoms with E-state index in [1.807, 2.05) is 26.0 Å². The first kappa shape index (κ1) is 14.9. The quantitative estimate of drug-likeness (QED) is 0.915. The lowest BCUT2D eigenvalue weighted by Crippen LogP contribution is -2.10. The van der Waals surface area contributed by atoms with Crippen molar-refractivity contribution in [2.75, 3.05) is 12.4 Å². The van der Waals surface area contributed by atoms with Gasteiger partial charge in [-0.1, -0.05) is 29.3 Å². The molecular weight excluding hydrogens is 297 g/mol. The second-order valence-corrected chi connectivity index (χ2v) is 5.23. The number of methoxy groups -OCH3 is 1. The maximum atomic E-state index is 6.21. The average Bonchev–Trinajstić information content (AvgIpc) is 2.41. The molecule has 1 atom stereocenters. The Morgan fingerprint density at radius 1 is 1.25 bits per heavy atom. The highest BCUT2D eigenvalue weighted by molar-refractivity contribution is 6.35. The topological polar surface area (TPSA) is 47.0 Å². The van der Waals surface area contributed by atoms with Crippen LogP contribution >= 0.6 is 23.2 Å². The number of anilines is 1. The number of aromatic nitrogens is 2. The highest BCUT2D eigenvalue weighted by Gasteiger charge is 2.13. The summed E-state index contributed by atoms with van der Waals surface area (Å²) in [6.45, 7) is 3.90. The van der Waals surface area contributed by atoms with Gasteiger partial charge in [-0.05, 0) is 31.5 Å². The molecule has 1 aromatic carbocycles. The van der Waals surface area contributed by atoms with Crippen molar-refractivity contribution in [2.24, 2.45) is 0 Å². The summed E-state index contributed by atoms with van der Waals surface area (Å²) in [4.78, 5) is 8.28. The normalized spacial score (nSPS) is 12.1. The summed E-state index contributed by atoms with van der Waals surface area (Å²) in [5.74, 6) is 1.27. The molecule has 0 radical (unpaired) electrons. The molecule has 106 valence electrons. The number of nitrogens with zero attached hydrogens (tertiary/aromatic N) is 2. The van der Waals surface area contributed by atoms with Crippen LogP contribution < -0.4 is 10.1 Å². The summed E-state index contributed by atoms with van der Waals surface area (Å²) in [5, 5.41) is 4.54. The molecule has 0 aliphatic carbocycles. The van der Waals surface area contributed by atoms with E-state index in [-0.39, 0.29) is 6.04 Å². The van der Waals surface area contributed by atoms with Crippen molar-refractivity contribution in [2.45, 2.75) is 19.9 Å². The molecule has 0 spiro atoms. The van der Waals surface area contributed by atoms with Crippen LogP contribution in [0.1, 0.15) is 24.1 Å². The number of rotatable bonds is 4. The van der Waals surface area contributed by atoms with Crippen LogP contribution in [0.4, 0.5) is 5.82 Å². The predicted molar refractivity (Wildman–Crippen MR) is 81.8 cm³/mol. The molecular formula is C14H15Cl2N3O. The van der Waals surface area contributed by atoms with E-state index in [2.05, 4.69) is 15.3 Å². The summed E-state index contributed by atoms with van der Waals surface area (Å²) < 4.78 is 5.18. The molecule has 1 heterocycles. The number of hydrogen-bond donors (Lipinski definition) is 1. The first-order valence-corrected chi connectivity index (χ1v) is 6.85. The minimum Gasteiger partial charge on any atom is -0.481 e. The zero-order valence-electron chi connectivity index (χ0n) is 11.4. The van der Waals surface area contributed by atoms with Crippen LogP contribution in [0.5, 0.6) is 5.88 Å². The Hall–Kier alpha value is -1.52. The van der Waals surface area contributed by atoms with Crippen molar-refractivity contribution in [3.05, 3.63) is 45.7 Å². The Kier molecular flexibility index (Phi) is 4.68. The molecule has 4 nitrogen and oxygen atoms in total. The predicted octanol–water partition coefficient (Wildman–Crippen LogP) is 4.27. The lowest BCUT2D eigenvalue weighted by atomic mass is 10.1. The lowest BCUT2D eigenvalue weighted by molar-refractivity contribution is 0.393. The van der Waals surface area contributed by atoms with Crippen molar-refractivity contribution in [1.82, 2.24) is 9.97 Å². The van der Waals surface area contributed by atoms with E-state index < -0.39 is 0 Å². The van der Waals surface area contributed by atoms with Crippen LogP contribution in [-0.2, 0) is 0 Å². The molecule has 0 amide bonds. The van der Waals surface area contributed by atoms with Gasteiger partial charge in [-0.25, -0.2) is 9.97 Å². The van der Waals surface area contributed by atoms with Crippen molar-refractivity contribution < 1.29 is 4.74 Å². The largest absolute Gasteiger partial charge is 0.481 e. The number of hydrogen-bond acceptors (Lipinski definition) is 4. The van der Waals surface area contributed by atoms with Crippen LogP contribution in [0.15, 0.2) is 24.5 Å². The molecule has 0 fully saturated rings. The van der Waals surface area contributed by atoms with Gasteiger partial charge >= 0.3 is 0 Å². The SMILES string of the molecule is COc1ncnc(NC(C)c2ccc(Cl)cc2Cl)c1C. The maximum Gasteiger partial charge on any atom is 0.221 e. The average molecular weight is 312 g/mol. The van der Waals surface area contributed by atoms with Crippen molar-refractivity contribution in [3.63, 3.8) is 0 Å². The Morgan fingerprint density at radius 3 is 2.65 bits per heavy atom. The Morgan fingerprint density at radius 2 is 2.00 bits per heavy atom. The van der Waals surface area contributed by atoms with E-state index in [0.29, 0.717) is 15.9 Å². The highest BCUT2D eigenvalue weighted by Crippen LogP contribution is 2.29. The molecule has 0 saturated heterocycles. The van der Waals surface area contributed by atoms with Crippen LogP contribution in [0.3, 0.4) is 0 Å². The van der Waals surface area contributed by atoms with Crippen LogP contribution in [0.2, 0.25) is 10.0 Å². The van der Waals surface area contributed by atoms with E-state index in [9.17, 15) is 0 Å². The highest BCUT2D eigenvalue weighted by atomic mass is 35.5. The van der Waals surface area contributed by atoms with Gasteiger partial charge in [0.2, 0.25) is 5.88 Å². The third-order valence-corrected chi connectivity index (χ3v) is 3.58. The third kappa shape index (κ3) is 3.14. The molecule has 2 rings (SSSR count). The molecule has 0 aliphatic rings. The molecule has 6 heteroatoms. The van der Waals surface area contributed by atoms with E-state index >= 15 is 0 Å². The molecule has 0 saturated carbocycles. The van der Waals surface area contributed by atoms with E-state index in [1.165, 1.54) is 6.33 Å². The van der Waals surface area contributed by atoms with E-state index in [4.69, 9.17) is 27.9 Å². The zero-order valence-corrected chi connectivity index (χ0v) is 13.0. The van der Waals surface area contributed by atoms with Gasteiger partial charge in [-0.2, -0.15) is 0 Å². The zero-order chi connectivity index (χ0) is 14.7. The molecule has 1 N–H and O–H groups in total. The number of benzene rings is 1. The minimum atomic E-state index is -0.0157. The van der Waals surface area contributed by atoms with Gasteiger partial charge in [0.05, 0.1) is 18.7 Å². The lowest BCUT2D eigenvalue weighted by Gasteiger charge is -2.18. The van der Waals surface area contributed by atoms with Crippen LogP contribution in [0.25, 0.3) is 0 Å². The second-order valence-electron chi connectivity index (χ2n) is 4.39. The van der Waals surface area contributed by atoms with Crippen molar-refractivity contribution >= 4 is 29.0 Å². The number of ether oxygens (including phenoxy) is 1. The maximum absolute atomic E-state index is 6.21. The molecule has 1 aromatic heterocycles. The van der Waals surface area contributed by atoms with Crippen molar-refractivity contribution in [3.8, 4) is 5.88 Å². The molecule has 2 aromatic rings. The molecule has 0 aliphatic heterocycles. The number of halogens is 2. The standard InChI is InChI=1S/C14H15Cl2N3O/c1-8-13(17-7-18-14(8)20-3)19-9(2)11-5-4-10(15)6-12(11)16/h4-7,9H,1-3H3,(H,17,18,19). The fraction of sp³-hybridized carbons (Fsp3) is 0.286. The molecule has 0 bridgehead atoms. The van der Waals surface area contributed by atoms with Crippen LogP contribution in [-0.4, -0.2) is 17.1 Å². The van der Waals surface area contributed by atoms with Gasteiger partial charge in [0.1, 0.15) is 12.1 Å². The fourth-order valence-electron chi connectivity index (χ4n) is 1.92. The fourth-order valence-corrected chi connectivity index (χ4v) is 2.49. The first-order chi connectivity index (χ1) is 9.52. The third-order valence-electron chi connectivity index (χ3n) is 3.01. The Labute approximate surface area is 128 Å². The Balaban J connectivity index is 2.25. The smallest absolute Gasteiger partial charge is 0.221 e. The van der Waals surface area contributed by atoms with Crippen LogP contribution in [0, 0.1) is 6.92 Å². The van der Waals surface area contributed by atoms with Gasteiger partial charge in [-0.15, -0.1) is 0 Å². The Bertz CT molecular complexity index is 619. The summed E-state index contributed by atoms with van der Waals surface area (Å²) in [6.07, 6.45) is 1.46. The van der Waals surface area contributed by atoms with Gasteiger partial charge < -0.3 is 10.1 Å². The minimum absolute atomic E-state index is 0.0157. The monoisotopic (exact) mass is 311 g/mol. The number of nitrogens with one attached hydrogen (secondary N) is 1. The van der Waals surface area contributed by atoms with Crippen molar-refractivity contribution in [1.29, 1.82) is 0 Å². The summed E-state index contributed by atoms with van der Waals surface area (Å²) in [5.41, 5.74) is 1.81. The summed E-state index contributed by atoms with van der Waals surface area (Å²) in [6, 6.07) is 5.42. The van der Waals surface area contributed by atoms with Gasteiger partial charge in [0, 0.05) is 10.0 Å². The molecule has 1 unspecified atom stereocenters. The van der Waals surface area contributed by atoms with Gasteiger partial charge in [-0.3, -0.25) is 0 Å². The second kappa shape index (κ2) is 6.29.